The molecule has 5 rings (SSSR count). The van der Waals surface area contributed by atoms with E-state index in [1.165, 1.54) is 85.8 Å². The predicted molar refractivity (Wildman–Crippen MR) is 163 cm³/mol. The molecule has 3 N–H and O–H groups in total. The summed E-state index contributed by atoms with van der Waals surface area (Å²) in [6.45, 7) is 5.46. The average Bonchev–Trinajstić information content (AvgIpc) is 3.53. The first-order chi connectivity index (χ1) is 18.7. The first-order valence-corrected chi connectivity index (χ1v) is 15.0. The van der Waals surface area contributed by atoms with Gasteiger partial charge < -0.3 is 19.9 Å². The van der Waals surface area contributed by atoms with Gasteiger partial charge in [-0.25, -0.2) is 0 Å². The van der Waals surface area contributed by atoms with E-state index in [4.69, 9.17) is 14.6 Å². The highest BCUT2D eigenvalue weighted by Gasteiger charge is 2.14. The van der Waals surface area contributed by atoms with E-state index >= 15 is 0 Å². The number of benzene rings is 3. The Bertz CT molecular complexity index is 1480. The minimum atomic E-state index is -0.0473. The summed E-state index contributed by atoms with van der Waals surface area (Å²) in [6, 6.07) is 17.4. The topological polar surface area (TPSA) is 64.3 Å². The van der Waals surface area contributed by atoms with Crippen LogP contribution in [0.5, 0.6) is 0 Å². The number of hydrogen-bond acceptors (Lipinski definition) is 4. The van der Waals surface area contributed by atoms with Crippen LogP contribution >= 0.6 is 0 Å². The first kappa shape index (κ1) is 26.6. The van der Waals surface area contributed by atoms with Crippen LogP contribution in [-0.4, -0.2) is 6.54 Å². The standard InChI is InChI=1S/C34H44N2O2/c1-3-5-7-9-11-13-17-36-34-21-27-19-25-16-15-24-18-26-20-33(30(35)14-12-10-8-6-4-2)37-31(26)22-28(24)29(25)23-32(27)38-34/h15-16,18-23,30,36H,3-14,17,35H2,1-2H3. The van der Waals surface area contributed by atoms with Gasteiger partial charge in [-0.2, -0.15) is 0 Å². The Hall–Kier alpha value is -2.98. The van der Waals surface area contributed by atoms with E-state index in [9.17, 15) is 0 Å². The quantitative estimate of drug-likeness (QED) is 0.108. The Labute approximate surface area is 226 Å². The number of unbranched alkanes of at least 4 members (excludes halogenated alkanes) is 9. The van der Waals surface area contributed by atoms with Gasteiger partial charge in [0, 0.05) is 23.4 Å². The first-order valence-electron chi connectivity index (χ1n) is 15.0. The molecule has 0 aliphatic heterocycles. The van der Waals surface area contributed by atoms with Crippen LogP contribution in [0.3, 0.4) is 0 Å². The van der Waals surface area contributed by atoms with Gasteiger partial charge in [0.2, 0.25) is 0 Å². The molecule has 0 aliphatic rings. The molecular formula is C34H44N2O2. The van der Waals surface area contributed by atoms with E-state index in [1.54, 1.807) is 0 Å². The summed E-state index contributed by atoms with van der Waals surface area (Å²) in [5.41, 5.74) is 8.34. The van der Waals surface area contributed by atoms with E-state index < -0.39 is 0 Å². The molecule has 1 atom stereocenters. The highest BCUT2D eigenvalue weighted by molar-refractivity contribution is 6.14. The summed E-state index contributed by atoms with van der Waals surface area (Å²) < 4.78 is 12.5. The second kappa shape index (κ2) is 12.7. The molecule has 5 aromatic rings. The summed E-state index contributed by atoms with van der Waals surface area (Å²) in [7, 11) is 0. The van der Waals surface area contributed by atoms with Crippen LogP contribution in [0.1, 0.15) is 103 Å². The Morgan fingerprint density at radius 2 is 1.21 bits per heavy atom. The van der Waals surface area contributed by atoms with Crippen LogP contribution in [0.15, 0.2) is 57.4 Å². The number of nitrogens with one attached hydrogen (secondary N) is 1. The fraction of sp³-hybridized carbons (Fsp3) is 0.471. The Morgan fingerprint density at radius 1 is 0.632 bits per heavy atom. The Morgan fingerprint density at radius 3 is 1.89 bits per heavy atom. The van der Waals surface area contributed by atoms with Gasteiger partial charge in [-0.3, -0.25) is 0 Å². The third-order valence-electron chi connectivity index (χ3n) is 7.94. The lowest BCUT2D eigenvalue weighted by Crippen LogP contribution is -2.08. The molecule has 2 aromatic heterocycles. The van der Waals surface area contributed by atoms with Crippen molar-refractivity contribution in [2.24, 2.45) is 5.73 Å². The van der Waals surface area contributed by atoms with Gasteiger partial charge >= 0.3 is 0 Å². The maximum Gasteiger partial charge on any atom is 0.194 e. The molecule has 0 bridgehead atoms. The van der Waals surface area contributed by atoms with Crippen molar-refractivity contribution in [2.75, 3.05) is 11.9 Å². The second-order valence-electron chi connectivity index (χ2n) is 11.1. The normalized spacial score (nSPS) is 12.8. The van der Waals surface area contributed by atoms with Crippen LogP contribution in [0.4, 0.5) is 5.88 Å². The molecule has 0 saturated heterocycles. The van der Waals surface area contributed by atoms with Gasteiger partial charge in [0.1, 0.15) is 16.9 Å². The summed E-state index contributed by atoms with van der Waals surface area (Å²) in [4.78, 5) is 0. The maximum absolute atomic E-state index is 6.51. The Kier molecular flexibility index (Phi) is 8.90. The van der Waals surface area contributed by atoms with Gasteiger partial charge in [0.15, 0.2) is 5.88 Å². The number of furan rings is 2. The smallest absolute Gasteiger partial charge is 0.194 e. The molecule has 4 nitrogen and oxygen atoms in total. The van der Waals surface area contributed by atoms with Crippen LogP contribution in [0, 0.1) is 0 Å². The van der Waals surface area contributed by atoms with Crippen molar-refractivity contribution >= 4 is 49.4 Å². The molecule has 38 heavy (non-hydrogen) atoms. The van der Waals surface area contributed by atoms with Gasteiger partial charge in [-0.15, -0.1) is 0 Å². The van der Waals surface area contributed by atoms with Crippen molar-refractivity contribution in [3.8, 4) is 0 Å². The van der Waals surface area contributed by atoms with Gasteiger partial charge in [0.25, 0.3) is 0 Å². The minimum absolute atomic E-state index is 0.0473. The van der Waals surface area contributed by atoms with E-state index in [0.717, 1.165) is 53.0 Å². The van der Waals surface area contributed by atoms with Gasteiger partial charge in [0.05, 0.1) is 6.04 Å². The van der Waals surface area contributed by atoms with Crippen molar-refractivity contribution in [3.63, 3.8) is 0 Å². The molecule has 202 valence electrons. The van der Waals surface area contributed by atoms with Crippen LogP contribution < -0.4 is 11.1 Å². The van der Waals surface area contributed by atoms with Crippen molar-refractivity contribution < 1.29 is 8.83 Å². The summed E-state index contributed by atoms with van der Waals surface area (Å²) in [5, 5.41) is 10.5. The SMILES string of the molecule is CCCCCCCCNc1cc2cc3ccc4cc5cc(C(N)CCCCCCC)oc5cc4c3cc2o1. The van der Waals surface area contributed by atoms with Crippen molar-refractivity contribution in [3.05, 3.63) is 54.3 Å². The predicted octanol–water partition coefficient (Wildman–Crippen LogP) is 10.6. The van der Waals surface area contributed by atoms with E-state index in [1.807, 2.05) is 0 Å². The molecule has 2 heterocycles. The highest BCUT2D eigenvalue weighted by Crippen LogP contribution is 2.36. The van der Waals surface area contributed by atoms with Crippen LogP contribution in [0.25, 0.3) is 43.5 Å². The van der Waals surface area contributed by atoms with Crippen molar-refractivity contribution in [1.82, 2.24) is 0 Å². The second-order valence-corrected chi connectivity index (χ2v) is 11.1. The fourth-order valence-electron chi connectivity index (χ4n) is 5.65. The number of nitrogens with two attached hydrogens (primary N) is 1. The number of fused-ring (bicyclic) bond motifs is 5. The molecule has 4 heteroatoms. The summed E-state index contributed by atoms with van der Waals surface area (Å²) in [6.07, 6.45) is 15.0. The number of rotatable bonds is 15. The minimum Gasteiger partial charge on any atom is -0.459 e. The fourth-order valence-corrected chi connectivity index (χ4v) is 5.65. The lowest BCUT2D eigenvalue weighted by Gasteiger charge is -2.07. The van der Waals surface area contributed by atoms with Crippen molar-refractivity contribution in [2.45, 2.75) is 96.9 Å². The largest absolute Gasteiger partial charge is 0.459 e. The van der Waals surface area contributed by atoms with Gasteiger partial charge in [-0.05, 0) is 64.7 Å². The highest BCUT2D eigenvalue weighted by atomic mass is 16.3. The van der Waals surface area contributed by atoms with E-state index in [2.05, 4.69) is 67.7 Å². The van der Waals surface area contributed by atoms with E-state index in [-0.39, 0.29) is 6.04 Å². The summed E-state index contributed by atoms with van der Waals surface area (Å²) >= 11 is 0. The average molecular weight is 513 g/mol. The van der Waals surface area contributed by atoms with Gasteiger partial charge in [-0.1, -0.05) is 90.2 Å². The third kappa shape index (κ3) is 6.18. The molecule has 0 radical (unpaired) electrons. The monoisotopic (exact) mass is 512 g/mol. The Balaban J connectivity index is 1.33. The van der Waals surface area contributed by atoms with Crippen LogP contribution in [-0.2, 0) is 0 Å². The molecule has 0 amide bonds. The molecule has 0 saturated carbocycles. The maximum atomic E-state index is 6.51. The third-order valence-corrected chi connectivity index (χ3v) is 7.94. The summed E-state index contributed by atoms with van der Waals surface area (Å²) in [5.74, 6) is 1.75. The molecule has 0 fully saturated rings. The van der Waals surface area contributed by atoms with E-state index in [0.29, 0.717) is 0 Å². The zero-order valence-corrected chi connectivity index (χ0v) is 23.3. The van der Waals surface area contributed by atoms with Crippen LogP contribution in [0.2, 0.25) is 0 Å². The molecular weight excluding hydrogens is 468 g/mol. The lowest BCUT2D eigenvalue weighted by atomic mass is 9.99. The molecule has 0 aliphatic carbocycles. The molecule has 0 spiro atoms. The molecule has 3 aromatic carbocycles. The molecule has 1 unspecified atom stereocenters. The van der Waals surface area contributed by atoms with Crippen molar-refractivity contribution in [1.29, 1.82) is 0 Å². The number of hydrogen-bond donors (Lipinski definition) is 2. The zero-order chi connectivity index (χ0) is 26.3. The number of anilines is 1. The zero-order valence-electron chi connectivity index (χ0n) is 23.3. The lowest BCUT2D eigenvalue weighted by molar-refractivity contribution is 0.460.